The molecule has 4 nitrogen and oxygen atoms in total. The molecule has 0 saturated carbocycles. The van der Waals surface area contributed by atoms with Gasteiger partial charge in [0, 0.05) is 11.8 Å². The maximum absolute atomic E-state index is 12.6. The zero-order chi connectivity index (χ0) is 13.9. The quantitative estimate of drug-likeness (QED) is 0.862. The Labute approximate surface area is 108 Å². The Balaban J connectivity index is 3.07. The van der Waals surface area contributed by atoms with Gasteiger partial charge in [-0.05, 0) is 30.2 Å². The molecule has 1 rings (SSSR count). The Morgan fingerprint density at radius 2 is 1.78 bits per heavy atom. The molecule has 1 amide bonds. The van der Waals surface area contributed by atoms with E-state index in [1.54, 1.807) is 13.0 Å². The van der Waals surface area contributed by atoms with E-state index in [1.165, 1.54) is 20.3 Å². The fourth-order valence-electron chi connectivity index (χ4n) is 1.31. The van der Waals surface area contributed by atoms with Crippen LogP contribution in [0.25, 0.3) is 0 Å². The van der Waals surface area contributed by atoms with Crippen molar-refractivity contribution in [3.05, 3.63) is 17.7 Å². The number of methoxy groups -OCH3 is 2. The fraction of sp³-hybridized carbons (Fsp3) is 0.364. The number of rotatable bonds is 4. The van der Waals surface area contributed by atoms with Gasteiger partial charge in [0.2, 0.25) is 0 Å². The molecule has 18 heavy (non-hydrogen) atoms. The van der Waals surface area contributed by atoms with Crippen LogP contribution in [-0.4, -0.2) is 25.5 Å². The van der Waals surface area contributed by atoms with Gasteiger partial charge in [-0.15, -0.1) is 0 Å². The molecular weight excluding hydrogens is 268 g/mol. The predicted molar refractivity (Wildman–Crippen MR) is 63.7 cm³/mol. The van der Waals surface area contributed by atoms with Crippen molar-refractivity contribution in [3.63, 3.8) is 0 Å². The molecule has 7 heteroatoms. The van der Waals surface area contributed by atoms with E-state index >= 15 is 0 Å². The van der Waals surface area contributed by atoms with Crippen LogP contribution in [0.15, 0.2) is 12.1 Å². The van der Waals surface area contributed by atoms with Gasteiger partial charge in [-0.25, -0.2) is 0 Å². The van der Waals surface area contributed by atoms with E-state index in [-0.39, 0.29) is 5.69 Å². The molecule has 0 unspecified atom stereocenters. The first-order chi connectivity index (χ1) is 8.29. The van der Waals surface area contributed by atoms with E-state index in [4.69, 9.17) is 9.47 Å². The summed E-state index contributed by atoms with van der Waals surface area (Å²) in [5, 5.41) is -1.94. The first kappa shape index (κ1) is 14.5. The Morgan fingerprint density at radius 3 is 2.22 bits per heavy atom. The average Bonchev–Trinajstić information content (AvgIpc) is 2.29. The van der Waals surface area contributed by atoms with Gasteiger partial charge in [0.1, 0.15) is 0 Å². The molecule has 0 saturated heterocycles. The number of alkyl halides is 3. The number of ether oxygens (including phenoxy) is 2. The predicted octanol–water partition coefficient (Wildman–Crippen LogP) is 2.78. The highest BCUT2D eigenvalue weighted by Crippen LogP contribution is 2.33. The molecule has 0 spiro atoms. The molecule has 1 aromatic rings. The number of carbonyl (C=O) groups is 1. The summed E-state index contributed by atoms with van der Waals surface area (Å²) in [6.45, 7) is 1.63. The lowest BCUT2D eigenvalue weighted by atomic mass is 10.1. The fourth-order valence-corrected chi connectivity index (χ4v) is 1.36. The molecule has 0 radical (unpaired) electrons. The van der Waals surface area contributed by atoms with Crippen LogP contribution in [-0.2, 0) is 4.79 Å². The van der Waals surface area contributed by atoms with E-state index in [0.717, 1.165) is 0 Å². The van der Waals surface area contributed by atoms with Gasteiger partial charge in [-0.1, -0.05) is 0 Å². The van der Waals surface area contributed by atoms with Crippen LogP contribution in [0, 0.1) is 6.92 Å². The number of hydrogen-bond acceptors (Lipinski definition) is 3. The van der Waals surface area contributed by atoms with Gasteiger partial charge in [0.15, 0.2) is 11.5 Å². The van der Waals surface area contributed by atoms with E-state index in [2.05, 4.69) is 11.6 Å². The highest BCUT2D eigenvalue weighted by molar-refractivity contribution is 6.33. The topological polar surface area (TPSA) is 47.6 Å². The van der Waals surface area contributed by atoms with E-state index in [0.29, 0.717) is 17.1 Å². The van der Waals surface area contributed by atoms with Gasteiger partial charge in [-0.2, -0.15) is 8.78 Å². The Kier molecular flexibility index (Phi) is 4.34. The largest absolute Gasteiger partial charge is 0.493 e. The molecule has 0 aromatic heterocycles. The second kappa shape index (κ2) is 5.39. The molecule has 0 aliphatic heterocycles. The van der Waals surface area contributed by atoms with Crippen molar-refractivity contribution in [2.24, 2.45) is 0 Å². The minimum atomic E-state index is -3.96. The van der Waals surface area contributed by atoms with Crippen LogP contribution in [0.2, 0.25) is 0 Å². The monoisotopic (exact) mass is 279 g/mol. The molecule has 0 bridgehead atoms. The Bertz CT molecular complexity index is 460. The first-order valence-electron chi connectivity index (χ1n) is 4.90. The standard InChI is InChI=1S/C11H12ClF2NO3/c1-6-4-8(17-2)9(18-3)5-7(6)15-10(16)11(12,13)14/h4-5H,1-3H3,(H,15,16). The van der Waals surface area contributed by atoms with Crippen molar-refractivity contribution < 1.29 is 23.0 Å². The smallest absolute Gasteiger partial charge is 0.400 e. The van der Waals surface area contributed by atoms with Crippen LogP contribution in [0.4, 0.5) is 14.5 Å². The van der Waals surface area contributed by atoms with E-state index in [1.807, 2.05) is 5.32 Å². The average molecular weight is 280 g/mol. The Morgan fingerprint density at radius 1 is 1.28 bits per heavy atom. The Hall–Kier alpha value is -1.56. The summed E-state index contributed by atoms with van der Waals surface area (Å²) in [5.41, 5.74) is 0.722. The molecule has 100 valence electrons. The van der Waals surface area contributed by atoms with E-state index in [9.17, 15) is 13.6 Å². The van der Waals surface area contributed by atoms with Crippen molar-refractivity contribution in [1.29, 1.82) is 0 Å². The summed E-state index contributed by atoms with van der Waals surface area (Å²) in [6, 6.07) is 2.94. The lowest BCUT2D eigenvalue weighted by Crippen LogP contribution is -2.29. The number of aryl methyl sites for hydroxylation is 1. The highest BCUT2D eigenvalue weighted by atomic mass is 35.5. The number of nitrogens with one attached hydrogen (secondary N) is 1. The van der Waals surface area contributed by atoms with Crippen LogP contribution >= 0.6 is 11.6 Å². The number of benzene rings is 1. The van der Waals surface area contributed by atoms with Gasteiger partial charge in [0.05, 0.1) is 14.2 Å². The maximum Gasteiger partial charge on any atom is 0.400 e. The van der Waals surface area contributed by atoms with Crippen LogP contribution in [0.5, 0.6) is 11.5 Å². The van der Waals surface area contributed by atoms with Crippen LogP contribution < -0.4 is 14.8 Å². The van der Waals surface area contributed by atoms with Crippen molar-refractivity contribution in [2.75, 3.05) is 19.5 Å². The lowest BCUT2D eigenvalue weighted by molar-refractivity contribution is -0.130. The van der Waals surface area contributed by atoms with E-state index < -0.39 is 11.3 Å². The van der Waals surface area contributed by atoms with Crippen LogP contribution in [0.1, 0.15) is 5.56 Å². The number of carbonyl (C=O) groups excluding carboxylic acids is 1. The molecular formula is C11H12ClF2NO3. The van der Waals surface area contributed by atoms with Crippen molar-refractivity contribution in [3.8, 4) is 11.5 Å². The normalized spacial score (nSPS) is 11.0. The number of hydrogen-bond donors (Lipinski definition) is 1. The van der Waals surface area contributed by atoms with Gasteiger partial charge in [-0.3, -0.25) is 4.79 Å². The SMILES string of the molecule is COc1cc(C)c(NC(=O)C(F)(F)Cl)cc1OC. The third-order valence-corrected chi connectivity index (χ3v) is 2.41. The molecule has 0 fully saturated rings. The molecule has 0 aliphatic rings. The minimum Gasteiger partial charge on any atom is -0.493 e. The zero-order valence-electron chi connectivity index (χ0n) is 10.0. The van der Waals surface area contributed by atoms with Crippen LogP contribution in [0.3, 0.4) is 0 Å². The molecule has 1 aromatic carbocycles. The zero-order valence-corrected chi connectivity index (χ0v) is 10.8. The third kappa shape index (κ3) is 3.22. The third-order valence-electron chi connectivity index (χ3n) is 2.24. The highest BCUT2D eigenvalue weighted by Gasteiger charge is 2.36. The summed E-state index contributed by atoms with van der Waals surface area (Å²) >= 11 is 4.62. The van der Waals surface area contributed by atoms with Crippen molar-refractivity contribution in [2.45, 2.75) is 12.3 Å². The summed E-state index contributed by atoms with van der Waals surface area (Å²) in [6.07, 6.45) is 0. The summed E-state index contributed by atoms with van der Waals surface area (Å²) in [7, 11) is 2.84. The molecule has 0 heterocycles. The second-order valence-corrected chi connectivity index (χ2v) is 3.95. The van der Waals surface area contributed by atoms with Crippen molar-refractivity contribution in [1.82, 2.24) is 0 Å². The second-order valence-electron chi connectivity index (χ2n) is 3.47. The summed E-state index contributed by atoms with van der Waals surface area (Å²) < 4.78 is 35.2. The molecule has 0 aliphatic carbocycles. The number of anilines is 1. The lowest BCUT2D eigenvalue weighted by Gasteiger charge is -2.14. The van der Waals surface area contributed by atoms with Crippen molar-refractivity contribution >= 4 is 23.2 Å². The van der Waals surface area contributed by atoms with Gasteiger partial charge >= 0.3 is 11.3 Å². The molecule has 1 N–H and O–H groups in total. The first-order valence-corrected chi connectivity index (χ1v) is 5.28. The summed E-state index contributed by atoms with van der Waals surface area (Å²) in [5.74, 6) is -0.846. The minimum absolute atomic E-state index is 0.179. The van der Waals surface area contributed by atoms with Gasteiger partial charge < -0.3 is 14.8 Å². The number of halogens is 3. The number of amides is 1. The van der Waals surface area contributed by atoms with Gasteiger partial charge in [0.25, 0.3) is 0 Å². The maximum atomic E-state index is 12.6. The molecule has 0 atom stereocenters. The summed E-state index contributed by atoms with van der Waals surface area (Å²) in [4.78, 5) is 11.1.